The van der Waals surface area contributed by atoms with Crippen LogP contribution in [0.15, 0.2) is 35.7 Å². The Bertz CT molecular complexity index is 635. The maximum Gasteiger partial charge on any atom is 0.268 e. The number of anilines is 1. The number of fused-ring (bicyclic) bond motifs is 1. The summed E-state index contributed by atoms with van der Waals surface area (Å²) in [6, 6.07) is 10.4. The zero-order chi connectivity index (χ0) is 14.1. The van der Waals surface area contributed by atoms with Crippen molar-refractivity contribution in [2.45, 2.75) is 26.4 Å². The number of hydrogen-bond donors (Lipinski definition) is 1. The van der Waals surface area contributed by atoms with Crippen molar-refractivity contribution in [3.05, 3.63) is 51.7 Å². The van der Waals surface area contributed by atoms with Gasteiger partial charge in [0.25, 0.3) is 5.91 Å². The summed E-state index contributed by atoms with van der Waals surface area (Å²) in [5.41, 5.74) is 3.27. The van der Waals surface area contributed by atoms with E-state index in [9.17, 15) is 4.79 Å². The van der Waals surface area contributed by atoms with E-state index in [4.69, 9.17) is 0 Å². The van der Waals surface area contributed by atoms with Crippen LogP contribution in [0.3, 0.4) is 0 Å². The molecule has 1 unspecified atom stereocenters. The summed E-state index contributed by atoms with van der Waals surface area (Å²) < 4.78 is 0. The predicted octanol–water partition coefficient (Wildman–Crippen LogP) is 3.20. The molecule has 1 amide bonds. The maximum absolute atomic E-state index is 12.9. The summed E-state index contributed by atoms with van der Waals surface area (Å²) in [6.45, 7) is 5.63. The Labute approximate surface area is 123 Å². The van der Waals surface area contributed by atoms with Crippen LogP contribution in [0.2, 0.25) is 0 Å². The molecule has 0 radical (unpaired) electrons. The molecule has 1 aliphatic heterocycles. The van der Waals surface area contributed by atoms with E-state index in [2.05, 4.69) is 18.3 Å². The van der Waals surface area contributed by atoms with Crippen molar-refractivity contribution in [2.75, 3.05) is 11.4 Å². The Balaban J connectivity index is 2.03. The van der Waals surface area contributed by atoms with Gasteiger partial charge in [-0.25, -0.2) is 0 Å². The SMILES string of the molecule is Cc1ccsc1C(=O)N1CC(C)NCc2ccccc21. The molecule has 1 N–H and O–H groups in total. The Morgan fingerprint density at radius 1 is 1.35 bits per heavy atom. The number of thiophene rings is 1. The van der Waals surface area contributed by atoms with Crippen molar-refractivity contribution in [3.8, 4) is 0 Å². The van der Waals surface area contributed by atoms with Crippen LogP contribution >= 0.6 is 11.3 Å². The minimum atomic E-state index is 0.112. The van der Waals surface area contributed by atoms with Gasteiger partial charge in [0.15, 0.2) is 0 Å². The molecule has 2 aromatic rings. The van der Waals surface area contributed by atoms with Crippen LogP contribution in [0.1, 0.15) is 27.7 Å². The molecule has 0 aliphatic carbocycles. The number of nitrogens with zero attached hydrogens (tertiary/aromatic N) is 1. The quantitative estimate of drug-likeness (QED) is 0.873. The fraction of sp³-hybridized carbons (Fsp3) is 0.312. The smallest absolute Gasteiger partial charge is 0.268 e. The third-order valence-corrected chi connectivity index (χ3v) is 4.69. The van der Waals surface area contributed by atoms with Gasteiger partial charge in [0, 0.05) is 24.8 Å². The molecule has 1 aromatic heterocycles. The fourth-order valence-electron chi connectivity index (χ4n) is 2.55. The van der Waals surface area contributed by atoms with E-state index in [1.54, 1.807) is 0 Å². The second-order valence-corrected chi connectivity index (χ2v) is 6.18. The number of nitrogens with one attached hydrogen (secondary N) is 1. The molecule has 0 bridgehead atoms. The summed E-state index contributed by atoms with van der Waals surface area (Å²) in [6.07, 6.45) is 0. The first-order chi connectivity index (χ1) is 9.66. The van der Waals surface area contributed by atoms with Crippen molar-refractivity contribution in [1.82, 2.24) is 5.32 Å². The fourth-order valence-corrected chi connectivity index (χ4v) is 3.42. The number of hydrogen-bond acceptors (Lipinski definition) is 3. The lowest BCUT2D eigenvalue weighted by molar-refractivity contribution is 0.0989. The maximum atomic E-state index is 12.9. The summed E-state index contributed by atoms with van der Waals surface area (Å²) >= 11 is 1.52. The standard InChI is InChI=1S/C16H18N2OS/c1-11-7-8-20-15(11)16(19)18-10-12(2)17-9-13-5-3-4-6-14(13)18/h3-8,12,17H,9-10H2,1-2H3. The van der Waals surface area contributed by atoms with Gasteiger partial charge in [-0.1, -0.05) is 18.2 Å². The Morgan fingerprint density at radius 2 is 2.15 bits per heavy atom. The van der Waals surface area contributed by atoms with Gasteiger partial charge in [-0.05, 0) is 42.5 Å². The van der Waals surface area contributed by atoms with Gasteiger partial charge < -0.3 is 10.2 Å². The average Bonchev–Trinajstić information content (AvgIpc) is 2.80. The first-order valence-corrected chi connectivity index (χ1v) is 7.72. The minimum absolute atomic E-state index is 0.112. The van der Waals surface area contributed by atoms with Crippen molar-refractivity contribution in [3.63, 3.8) is 0 Å². The van der Waals surface area contributed by atoms with Crippen molar-refractivity contribution in [1.29, 1.82) is 0 Å². The number of para-hydroxylation sites is 1. The van der Waals surface area contributed by atoms with E-state index in [0.29, 0.717) is 6.54 Å². The molecule has 0 spiro atoms. The first-order valence-electron chi connectivity index (χ1n) is 6.84. The second-order valence-electron chi connectivity index (χ2n) is 5.26. The summed E-state index contributed by atoms with van der Waals surface area (Å²) in [5, 5.41) is 5.44. The second kappa shape index (κ2) is 5.38. The lowest BCUT2D eigenvalue weighted by Gasteiger charge is -2.24. The largest absolute Gasteiger partial charge is 0.308 e. The number of benzene rings is 1. The minimum Gasteiger partial charge on any atom is -0.308 e. The Hall–Kier alpha value is -1.65. The van der Waals surface area contributed by atoms with E-state index in [0.717, 1.165) is 22.7 Å². The van der Waals surface area contributed by atoms with Gasteiger partial charge in [-0.2, -0.15) is 0 Å². The molecule has 1 atom stereocenters. The normalized spacial score (nSPS) is 18.5. The Morgan fingerprint density at radius 3 is 2.90 bits per heavy atom. The highest BCUT2D eigenvalue weighted by Gasteiger charge is 2.26. The third-order valence-electron chi connectivity index (χ3n) is 3.68. The molecule has 1 aliphatic rings. The van der Waals surface area contributed by atoms with Crippen LogP contribution in [-0.2, 0) is 6.54 Å². The lowest BCUT2D eigenvalue weighted by atomic mass is 10.1. The molecule has 0 saturated carbocycles. The molecule has 1 aromatic carbocycles. The van der Waals surface area contributed by atoms with Gasteiger partial charge >= 0.3 is 0 Å². The van der Waals surface area contributed by atoms with E-state index >= 15 is 0 Å². The molecular weight excluding hydrogens is 268 g/mol. The lowest BCUT2D eigenvalue weighted by Crippen LogP contribution is -2.39. The van der Waals surface area contributed by atoms with E-state index < -0.39 is 0 Å². The molecule has 0 saturated heterocycles. The molecule has 2 heterocycles. The number of carbonyl (C=O) groups excluding carboxylic acids is 1. The van der Waals surface area contributed by atoms with Gasteiger partial charge in [-0.3, -0.25) is 4.79 Å². The van der Waals surface area contributed by atoms with Crippen LogP contribution in [0, 0.1) is 6.92 Å². The highest BCUT2D eigenvalue weighted by Crippen LogP contribution is 2.27. The van der Waals surface area contributed by atoms with Crippen LogP contribution < -0.4 is 10.2 Å². The molecular formula is C16H18N2OS. The summed E-state index contributed by atoms with van der Waals surface area (Å²) in [7, 11) is 0. The molecule has 0 fully saturated rings. The highest BCUT2D eigenvalue weighted by atomic mass is 32.1. The van der Waals surface area contributed by atoms with E-state index in [-0.39, 0.29) is 11.9 Å². The van der Waals surface area contributed by atoms with Gasteiger partial charge in [-0.15, -0.1) is 11.3 Å². The van der Waals surface area contributed by atoms with Crippen molar-refractivity contribution >= 4 is 22.9 Å². The van der Waals surface area contributed by atoms with Crippen LogP contribution in [-0.4, -0.2) is 18.5 Å². The molecule has 20 heavy (non-hydrogen) atoms. The van der Waals surface area contributed by atoms with Crippen molar-refractivity contribution in [2.24, 2.45) is 0 Å². The zero-order valence-corrected chi connectivity index (χ0v) is 12.5. The van der Waals surface area contributed by atoms with Crippen LogP contribution in [0.5, 0.6) is 0 Å². The van der Waals surface area contributed by atoms with Gasteiger partial charge in [0.1, 0.15) is 0 Å². The average molecular weight is 286 g/mol. The van der Waals surface area contributed by atoms with Crippen LogP contribution in [0.25, 0.3) is 0 Å². The Kier molecular flexibility index (Phi) is 3.59. The van der Waals surface area contributed by atoms with Gasteiger partial charge in [0.05, 0.1) is 4.88 Å². The summed E-state index contributed by atoms with van der Waals surface area (Å²) in [4.78, 5) is 15.6. The molecule has 104 valence electrons. The van der Waals surface area contributed by atoms with Gasteiger partial charge in [0.2, 0.25) is 0 Å². The summed E-state index contributed by atoms with van der Waals surface area (Å²) in [5.74, 6) is 0.112. The topological polar surface area (TPSA) is 32.3 Å². The molecule has 3 rings (SSSR count). The first kappa shape index (κ1) is 13.3. The van der Waals surface area contributed by atoms with Crippen molar-refractivity contribution < 1.29 is 4.79 Å². The van der Waals surface area contributed by atoms with E-state index in [1.807, 2.05) is 41.5 Å². The molecule has 3 nitrogen and oxygen atoms in total. The number of amides is 1. The number of aryl methyl sites for hydroxylation is 1. The third kappa shape index (κ3) is 2.37. The highest BCUT2D eigenvalue weighted by molar-refractivity contribution is 7.12. The monoisotopic (exact) mass is 286 g/mol. The van der Waals surface area contributed by atoms with E-state index in [1.165, 1.54) is 16.9 Å². The number of rotatable bonds is 1. The zero-order valence-electron chi connectivity index (χ0n) is 11.7. The van der Waals surface area contributed by atoms with Crippen LogP contribution in [0.4, 0.5) is 5.69 Å². The predicted molar refractivity (Wildman–Crippen MR) is 83.5 cm³/mol. The number of carbonyl (C=O) groups is 1. The molecule has 4 heteroatoms.